The first-order valence-electron chi connectivity index (χ1n) is 7.24. The quantitative estimate of drug-likeness (QED) is 0.779. The second-order valence-corrected chi connectivity index (χ2v) is 5.58. The molecule has 0 radical (unpaired) electrons. The predicted octanol–water partition coefficient (Wildman–Crippen LogP) is 2.21. The molecule has 102 valence electrons. The highest BCUT2D eigenvalue weighted by molar-refractivity contribution is 5.53. The van der Waals surface area contributed by atoms with Crippen LogP contribution in [-0.2, 0) is 16.0 Å². The van der Waals surface area contributed by atoms with E-state index < -0.39 is 0 Å². The molecular formula is C16H21NO2. The molecule has 0 aliphatic carbocycles. The number of rotatable bonds is 3. The molecule has 1 atom stereocenters. The van der Waals surface area contributed by atoms with E-state index in [2.05, 4.69) is 29.2 Å². The van der Waals surface area contributed by atoms with Gasteiger partial charge < -0.3 is 14.4 Å². The van der Waals surface area contributed by atoms with Crippen LogP contribution in [0.15, 0.2) is 24.3 Å². The number of hydrogen-bond acceptors (Lipinski definition) is 3. The van der Waals surface area contributed by atoms with Crippen LogP contribution >= 0.6 is 0 Å². The summed E-state index contributed by atoms with van der Waals surface area (Å²) >= 11 is 0. The second kappa shape index (κ2) is 5.85. The van der Waals surface area contributed by atoms with Crippen molar-refractivity contribution in [1.29, 1.82) is 0 Å². The van der Waals surface area contributed by atoms with Gasteiger partial charge in [0, 0.05) is 12.5 Å². The largest absolute Gasteiger partial charge is 0.372 e. The fourth-order valence-electron chi connectivity index (χ4n) is 3.13. The molecule has 2 aliphatic heterocycles. The second-order valence-electron chi connectivity index (χ2n) is 5.58. The minimum atomic E-state index is 0.206. The van der Waals surface area contributed by atoms with E-state index in [1.165, 1.54) is 11.1 Å². The van der Waals surface area contributed by atoms with Crippen molar-refractivity contribution in [2.24, 2.45) is 5.92 Å². The fraction of sp³-hybridized carbons (Fsp3) is 0.562. The molecule has 3 nitrogen and oxygen atoms in total. The zero-order valence-corrected chi connectivity index (χ0v) is 11.3. The van der Waals surface area contributed by atoms with Crippen molar-refractivity contribution >= 4 is 6.29 Å². The van der Waals surface area contributed by atoms with Crippen LogP contribution in [0.2, 0.25) is 0 Å². The van der Waals surface area contributed by atoms with Crippen LogP contribution in [0.3, 0.4) is 0 Å². The van der Waals surface area contributed by atoms with Gasteiger partial charge in [-0.2, -0.15) is 0 Å². The monoisotopic (exact) mass is 259 g/mol. The lowest BCUT2D eigenvalue weighted by molar-refractivity contribution is -0.112. The first-order valence-corrected chi connectivity index (χ1v) is 7.24. The lowest BCUT2D eigenvalue weighted by Crippen LogP contribution is -2.38. The smallest absolute Gasteiger partial charge is 0.123 e. The van der Waals surface area contributed by atoms with Crippen LogP contribution in [0.5, 0.6) is 0 Å². The van der Waals surface area contributed by atoms with Gasteiger partial charge in [-0.1, -0.05) is 24.3 Å². The Morgan fingerprint density at radius 3 is 2.84 bits per heavy atom. The Labute approximate surface area is 114 Å². The van der Waals surface area contributed by atoms with E-state index >= 15 is 0 Å². The van der Waals surface area contributed by atoms with Crippen molar-refractivity contribution in [2.75, 3.05) is 26.2 Å². The van der Waals surface area contributed by atoms with E-state index in [9.17, 15) is 4.79 Å². The first-order chi connectivity index (χ1) is 9.36. The van der Waals surface area contributed by atoms with E-state index in [-0.39, 0.29) is 12.0 Å². The number of carbonyl (C=O) groups excluding carboxylic acids is 1. The number of ether oxygens (including phenoxy) is 1. The number of piperidine rings is 1. The van der Waals surface area contributed by atoms with E-state index in [1.54, 1.807) is 0 Å². The SMILES string of the molecule is O=CC1CCN(CC2OCCc3ccccc32)CC1. The summed E-state index contributed by atoms with van der Waals surface area (Å²) in [6.07, 6.45) is 4.34. The summed E-state index contributed by atoms with van der Waals surface area (Å²) in [5.74, 6) is 0.274. The molecule has 3 heteroatoms. The third-order valence-corrected chi connectivity index (χ3v) is 4.34. The normalized spacial score (nSPS) is 24.9. The van der Waals surface area contributed by atoms with Crippen LogP contribution in [0.25, 0.3) is 0 Å². The van der Waals surface area contributed by atoms with Gasteiger partial charge >= 0.3 is 0 Å². The Morgan fingerprint density at radius 1 is 1.26 bits per heavy atom. The number of carbonyl (C=O) groups is 1. The molecule has 1 aromatic carbocycles. The van der Waals surface area contributed by atoms with Crippen molar-refractivity contribution in [3.8, 4) is 0 Å². The van der Waals surface area contributed by atoms with Crippen molar-refractivity contribution < 1.29 is 9.53 Å². The van der Waals surface area contributed by atoms with Gasteiger partial charge in [0.1, 0.15) is 6.29 Å². The van der Waals surface area contributed by atoms with E-state index in [0.29, 0.717) is 0 Å². The Balaban J connectivity index is 1.64. The highest BCUT2D eigenvalue weighted by Gasteiger charge is 2.25. The van der Waals surface area contributed by atoms with Gasteiger partial charge in [-0.05, 0) is 43.5 Å². The zero-order valence-electron chi connectivity index (χ0n) is 11.3. The third-order valence-electron chi connectivity index (χ3n) is 4.34. The average Bonchev–Trinajstić information content (AvgIpc) is 2.48. The maximum absolute atomic E-state index is 10.8. The number of fused-ring (bicyclic) bond motifs is 1. The number of aldehydes is 1. The number of benzene rings is 1. The highest BCUT2D eigenvalue weighted by atomic mass is 16.5. The van der Waals surface area contributed by atoms with Crippen molar-refractivity contribution in [3.63, 3.8) is 0 Å². The maximum Gasteiger partial charge on any atom is 0.123 e. The Bertz CT molecular complexity index is 438. The van der Waals surface area contributed by atoms with Crippen molar-refractivity contribution in [2.45, 2.75) is 25.4 Å². The molecule has 1 aromatic rings. The topological polar surface area (TPSA) is 29.5 Å². The average molecular weight is 259 g/mol. The molecule has 1 saturated heterocycles. The molecule has 2 heterocycles. The van der Waals surface area contributed by atoms with Crippen molar-refractivity contribution in [3.05, 3.63) is 35.4 Å². The Hall–Kier alpha value is -1.19. The summed E-state index contributed by atoms with van der Waals surface area (Å²) in [4.78, 5) is 13.2. The Morgan fingerprint density at radius 2 is 2.05 bits per heavy atom. The number of nitrogens with zero attached hydrogens (tertiary/aromatic N) is 1. The van der Waals surface area contributed by atoms with Gasteiger partial charge in [0.2, 0.25) is 0 Å². The molecule has 2 aliphatic rings. The highest BCUT2D eigenvalue weighted by Crippen LogP contribution is 2.28. The van der Waals surface area contributed by atoms with Gasteiger partial charge in [0.15, 0.2) is 0 Å². The van der Waals surface area contributed by atoms with Crippen LogP contribution in [0.1, 0.15) is 30.1 Å². The predicted molar refractivity (Wildman–Crippen MR) is 74.1 cm³/mol. The molecule has 0 amide bonds. The van der Waals surface area contributed by atoms with Gasteiger partial charge in [-0.3, -0.25) is 0 Å². The van der Waals surface area contributed by atoms with E-state index in [0.717, 1.165) is 51.8 Å². The standard InChI is InChI=1S/C16H21NO2/c18-12-13-5-8-17(9-6-13)11-16-15-4-2-1-3-14(15)7-10-19-16/h1-4,12-13,16H,5-11H2. The molecule has 19 heavy (non-hydrogen) atoms. The minimum absolute atomic E-state index is 0.206. The van der Waals surface area contributed by atoms with Crippen LogP contribution in [-0.4, -0.2) is 37.4 Å². The lowest BCUT2D eigenvalue weighted by Gasteiger charge is -2.34. The lowest BCUT2D eigenvalue weighted by atomic mass is 9.95. The van der Waals surface area contributed by atoms with Gasteiger partial charge in [-0.25, -0.2) is 0 Å². The minimum Gasteiger partial charge on any atom is -0.372 e. The summed E-state index contributed by atoms with van der Waals surface area (Å²) in [5, 5.41) is 0. The molecule has 1 unspecified atom stereocenters. The van der Waals surface area contributed by atoms with Gasteiger partial charge in [0.05, 0.1) is 12.7 Å². The molecule has 1 fully saturated rings. The molecule has 0 aromatic heterocycles. The molecule has 0 saturated carbocycles. The summed E-state index contributed by atoms with van der Waals surface area (Å²) in [6.45, 7) is 3.83. The van der Waals surface area contributed by atoms with Gasteiger partial charge in [-0.15, -0.1) is 0 Å². The molecule has 0 bridgehead atoms. The summed E-state index contributed by atoms with van der Waals surface area (Å²) in [6, 6.07) is 8.61. The van der Waals surface area contributed by atoms with E-state index in [4.69, 9.17) is 4.74 Å². The fourth-order valence-corrected chi connectivity index (χ4v) is 3.13. The molecule has 0 spiro atoms. The van der Waals surface area contributed by atoms with Crippen molar-refractivity contribution in [1.82, 2.24) is 4.90 Å². The summed E-state index contributed by atoms with van der Waals surface area (Å²) in [5.41, 5.74) is 2.78. The molecule has 0 N–H and O–H groups in total. The zero-order chi connectivity index (χ0) is 13.1. The van der Waals surface area contributed by atoms with Crippen LogP contribution in [0.4, 0.5) is 0 Å². The first kappa shape index (κ1) is 12.8. The summed E-state index contributed by atoms with van der Waals surface area (Å²) in [7, 11) is 0. The third kappa shape index (κ3) is 2.88. The maximum atomic E-state index is 10.8. The Kier molecular flexibility index (Phi) is 3.95. The van der Waals surface area contributed by atoms with Gasteiger partial charge in [0.25, 0.3) is 0 Å². The number of likely N-dealkylation sites (tertiary alicyclic amines) is 1. The van der Waals surface area contributed by atoms with Crippen LogP contribution < -0.4 is 0 Å². The summed E-state index contributed by atoms with van der Waals surface area (Å²) < 4.78 is 5.95. The molecule has 3 rings (SSSR count). The number of hydrogen-bond donors (Lipinski definition) is 0. The van der Waals surface area contributed by atoms with E-state index in [1.807, 2.05) is 0 Å². The van der Waals surface area contributed by atoms with Crippen LogP contribution in [0, 0.1) is 5.92 Å². The molecular weight excluding hydrogens is 238 g/mol.